The first-order valence-electron chi connectivity index (χ1n) is 6.44. The number of nitrogens with one attached hydrogen (secondary N) is 1. The Morgan fingerprint density at radius 3 is 3.11 bits per heavy atom. The molecule has 0 saturated carbocycles. The number of hydrogen-bond donors (Lipinski definition) is 1. The van der Waals surface area contributed by atoms with Crippen LogP contribution in [0.4, 0.5) is 0 Å². The maximum Gasteiger partial charge on any atom is 0.137 e. The molecule has 0 amide bonds. The molecule has 0 bridgehead atoms. The minimum absolute atomic E-state index is 0.0517. The molecular weight excluding hydrogens is 250 g/mol. The molecule has 18 heavy (non-hydrogen) atoms. The van der Waals surface area contributed by atoms with E-state index >= 15 is 0 Å². The van der Waals surface area contributed by atoms with Crippen LogP contribution in [-0.4, -0.2) is 31.9 Å². The van der Waals surface area contributed by atoms with E-state index < -0.39 is 0 Å². The molecule has 1 aromatic carbocycles. The number of aryl methyl sites for hydroxylation is 1. The van der Waals surface area contributed by atoms with Crippen molar-refractivity contribution in [2.75, 3.05) is 19.8 Å². The van der Waals surface area contributed by atoms with Crippen LogP contribution in [0, 0.1) is 6.92 Å². The van der Waals surface area contributed by atoms with Crippen LogP contribution in [0.3, 0.4) is 0 Å². The zero-order valence-electron chi connectivity index (χ0n) is 10.9. The summed E-state index contributed by atoms with van der Waals surface area (Å²) in [6, 6.07) is 6.07. The highest BCUT2D eigenvalue weighted by Crippen LogP contribution is 2.25. The fourth-order valence-corrected chi connectivity index (χ4v) is 2.35. The average molecular weight is 270 g/mol. The zero-order valence-corrected chi connectivity index (χ0v) is 11.7. The lowest BCUT2D eigenvalue weighted by molar-refractivity contribution is -0.0145. The van der Waals surface area contributed by atoms with Crippen LogP contribution in [-0.2, 0) is 4.74 Å². The van der Waals surface area contributed by atoms with Gasteiger partial charge in [0, 0.05) is 17.7 Å². The predicted octanol–water partition coefficient (Wildman–Crippen LogP) is 2.79. The lowest BCUT2D eigenvalue weighted by Gasteiger charge is -2.32. The Morgan fingerprint density at radius 1 is 1.50 bits per heavy atom. The first kappa shape index (κ1) is 13.7. The summed E-state index contributed by atoms with van der Waals surface area (Å²) in [5.41, 5.74) is 1.10. The summed E-state index contributed by atoms with van der Waals surface area (Å²) >= 11 is 6.01. The van der Waals surface area contributed by atoms with E-state index in [0.717, 1.165) is 30.9 Å². The van der Waals surface area contributed by atoms with Gasteiger partial charge in [-0.3, -0.25) is 0 Å². The molecule has 1 heterocycles. The first-order valence-corrected chi connectivity index (χ1v) is 6.82. The van der Waals surface area contributed by atoms with Crippen LogP contribution in [0.2, 0.25) is 5.02 Å². The quantitative estimate of drug-likeness (QED) is 0.912. The molecule has 4 heteroatoms. The third-order valence-electron chi connectivity index (χ3n) is 3.20. The van der Waals surface area contributed by atoms with Gasteiger partial charge in [-0.25, -0.2) is 0 Å². The molecule has 1 saturated heterocycles. The Bertz CT molecular complexity index is 395. The van der Waals surface area contributed by atoms with E-state index in [2.05, 4.69) is 12.2 Å². The molecule has 0 radical (unpaired) electrons. The van der Waals surface area contributed by atoms with Gasteiger partial charge in [-0.05, 0) is 37.6 Å². The normalized spacial score (nSPS) is 23.9. The molecule has 1 aliphatic rings. The van der Waals surface area contributed by atoms with Crippen molar-refractivity contribution in [3.63, 3.8) is 0 Å². The second kappa shape index (κ2) is 6.41. The van der Waals surface area contributed by atoms with Crippen molar-refractivity contribution >= 4 is 11.6 Å². The van der Waals surface area contributed by atoms with Gasteiger partial charge in [-0.1, -0.05) is 24.6 Å². The molecule has 2 unspecified atom stereocenters. The van der Waals surface area contributed by atoms with Gasteiger partial charge in [0.1, 0.15) is 11.9 Å². The number of halogens is 1. The Morgan fingerprint density at radius 2 is 2.33 bits per heavy atom. The monoisotopic (exact) mass is 269 g/mol. The molecule has 2 atom stereocenters. The Hall–Kier alpha value is -0.770. The molecule has 1 fully saturated rings. The van der Waals surface area contributed by atoms with Crippen LogP contribution < -0.4 is 10.1 Å². The summed E-state index contributed by atoms with van der Waals surface area (Å²) in [4.78, 5) is 0. The van der Waals surface area contributed by atoms with Gasteiger partial charge < -0.3 is 14.8 Å². The van der Waals surface area contributed by atoms with Crippen molar-refractivity contribution in [1.82, 2.24) is 5.32 Å². The van der Waals surface area contributed by atoms with Crippen molar-refractivity contribution in [2.24, 2.45) is 0 Å². The minimum atomic E-state index is 0.0517. The van der Waals surface area contributed by atoms with Crippen LogP contribution in [0.1, 0.15) is 18.9 Å². The molecular formula is C14H20ClNO2. The molecule has 1 N–H and O–H groups in total. The lowest BCUT2D eigenvalue weighted by Crippen LogP contribution is -2.49. The molecule has 100 valence electrons. The van der Waals surface area contributed by atoms with Gasteiger partial charge in [0.25, 0.3) is 0 Å². The standard InChI is InChI=1S/C14H20ClNO2/c1-3-16-12-6-7-17-9-14(12)18-13-8-11(15)5-4-10(13)2/h4-5,8,12,14,16H,3,6-7,9H2,1-2H3. The first-order chi connectivity index (χ1) is 8.70. The maximum absolute atomic E-state index is 6.06. The Labute approximate surface area is 113 Å². The molecule has 2 rings (SSSR count). The highest BCUT2D eigenvalue weighted by molar-refractivity contribution is 6.30. The molecule has 1 aliphatic heterocycles. The summed E-state index contributed by atoms with van der Waals surface area (Å²) in [7, 11) is 0. The Kier molecular flexibility index (Phi) is 4.87. The molecule has 0 aliphatic carbocycles. The van der Waals surface area contributed by atoms with Crippen molar-refractivity contribution in [3.8, 4) is 5.75 Å². The lowest BCUT2D eigenvalue weighted by atomic mass is 10.1. The van der Waals surface area contributed by atoms with Crippen LogP contribution in [0.15, 0.2) is 18.2 Å². The zero-order chi connectivity index (χ0) is 13.0. The van der Waals surface area contributed by atoms with Crippen LogP contribution >= 0.6 is 11.6 Å². The van der Waals surface area contributed by atoms with E-state index in [1.165, 1.54) is 0 Å². The summed E-state index contributed by atoms with van der Waals surface area (Å²) < 4.78 is 11.6. The highest BCUT2D eigenvalue weighted by Gasteiger charge is 2.27. The van der Waals surface area contributed by atoms with Crippen molar-refractivity contribution in [2.45, 2.75) is 32.4 Å². The predicted molar refractivity (Wildman–Crippen MR) is 73.5 cm³/mol. The second-order valence-corrected chi connectivity index (χ2v) is 5.03. The van der Waals surface area contributed by atoms with Crippen molar-refractivity contribution in [3.05, 3.63) is 28.8 Å². The Balaban J connectivity index is 2.08. The van der Waals surface area contributed by atoms with E-state index in [1.807, 2.05) is 25.1 Å². The van der Waals surface area contributed by atoms with Gasteiger partial charge in [-0.2, -0.15) is 0 Å². The smallest absolute Gasteiger partial charge is 0.137 e. The van der Waals surface area contributed by atoms with E-state index in [0.29, 0.717) is 17.7 Å². The van der Waals surface area contributed by atoms with Crippen molar-refractivity contribution in [1.29, 1.82) is 0 Å². The number of ether oxygens (including phenoxy) is 2. The fourth-order valence-electron chi connectivity index (χ4n) is 2.19. The summed E-state index contributed by atoms with van der Waals surface area (Å²) in [5, 5.41) is 4.15. The number of rotatable bonds is 4. The SMILES string of the molecule is CCNC1CCOCC1Oc1cc(Cl)ccc1C. The van der Waals surface area contributed by atoms with Gasteiger partial charge in [-0.15, -0.1) is 0 Å². The summed E-state index contributed by atoms with van der Waals surface area (Å²) in [6.07, 6.45) is 1.04. The average Bonchev–Trinajstić information content (AvgIpc) is 2.36. The van der Waals surface area contributed by atoms with E-state index in [-0.39, 0.29) is 6.10 Å². The third-order valence-corrected chi connectivity index (χ3v) is 3.43. The minimum Gasteiger partial charge on any atom is -0.486 e. The molecule has 0 aromatic heterocycles. The van der Waals surface area contributed by atoms with E-state index in [1.54, 1.807) is 0 Å². The maximum atomic E-state index is 6.06. The van der Waals surface area contributed by atoms with Gasteiger partial charge >= 0.3 is 0 Å². The molecule has 3 nitrogen and oxygen atoms in total. The third kappa shape index (κ3) is 3.37. The highest BCUT2D eigenvalue weighted by atomic mass is 35.5. The molecule has 1 aromatic rings. The summed E-state index contributed by atoms with van der Waals surface area (Å²) in [6.45, 7) is 6.50. The van der Waals surface area contributed by atoms with Gasteiger partial charge in [0.2, 0.25) is 0 Å². The molecule has 0 spiro atoms. The number of likely N-dealkylation sites (N-methyl/N-ethyl adjacent to an activating group) is 1. The van der Waals surface area contributed by atoms with Crippen molar-refractivity contribution < 1.29 is 9.47 Å². The fraction of sp³-hybridized carbons (Fsp3) is 0.571. The van der Waals surface area contributed by atoms with Gasteiger partial charge in [0.15, 0.2) is 0 Å². The number of benzene rings is 1. The summed E-state index contributed by atoms with van der Waals surface area (Å²) in [5.74, 6) is 0.848. The topological polar surface area (TPSA) is 30.5 Å². The van der Waals surface area contributed by atoms with Gasteiger partial charge in [0.05, 0.1) is 6.61 Å². The van der Waals surface area contributed by atoms with Crippen LogP contribution in [0.25, 0.3) is 0 Å². The van der Waals surface area contributed by atoms with Crippen LogP contribution in [0.5, 0.6) is 5.75 Å². The van der Waals surface area contributed by atoms with E-state index in [9.17, 15) is 0 Å². The second-order valence-electron chi connectivity index (χ2n) is 4.59. The number of hydrogen-bond acceptors (Lipinski definition) is 3. The van der Waals surface area contributed by atoms with E-state index in [4.69, 9.17) is 21.1 Å². The largest absolute Gasteiger partial charge is 0.486 e.